The Kier molecular flexibility index (Phi) is 4.56. The number of amides is 2. The molecular weight excluding hydrogens is 296 g/mol. The number of ether oxygens (including phenoxy) is 1. The van der Waals surface area contributed by atoms with Crippen LogP contribution in [0.15, 0.2) is 12.4 Å². The van der Waals surface area contributed by atoms with Gasteiger partial charge in [-0.15, -0.1) is 0 Å². The van der Waals surface area contributed by atoms with E-state index in [-0.39, 0.29) is 23.8 Å². The van der Waals surface area contributed by atoms with E-state index in [4.69, 9.17) is 4.74 Å². The van der Waals surface area contributed by atoms with Crippen molar-refractivity contribution in [2.24, 2.45) is 5.92 Å². The molecule has 3 saturated heterocycles. The number of methoxy groups -OCH3 is 1. The molecule has 2 atom stereocenters. The fourth-order valence-corrected chi connectivity index (χ4v) is 3.35. The lowest BCUT2D eigenvalue weighted by atomic mass is 9.94. The standard InChI is InChI=1S/C16H22N4O3/c1-11-7-18-14(8-17-11)16(22)19-9-12-3-4-13(10-19)20(15(12)21)5-6-23-2/h7-8,12-13H,3-6,9-10H2,1-2H3/t12-,13+/m0/s1. The average molecular weight is 318 g/mol. The molecule has 0 radical (unpaired) electrons. The third kappa shape index (κ3) is 3.19. The molecule has 23 heavy (non-hydrogen) atoms. The zero-order valence-corrected chi connectivity index (χ0v) is 13.6. The van der Waals surface area contributed by atoms with Gasteiger partial charge in [0.2, 0.25) is 5.91 Å². The molecule has 7 heteroatoms. The Bertz CT molecular complexity index is 589. The second kappa shape index (κ2) is 6.62. The number of hydrogen-bond donors (Lipinski definition) is 0. The zero-order valence-electron chi connectivity index (χ0n) is 13.6. The summed E-state index contributed by atoms with van der Waals surface area (Å²) in [4.78, 5) is 37.2. The first-order valence-electron chi connectivity index (χ1n) is 7.97. The van der Waals surface area contributed by atoms with Crippen molar-refractivity contribution in [2.45, 2.75) is 25.8 Å². The minimum Gasteiger partial charge on any atom is -0.383 e. The maximum absolute atomic E-state index is 12.7. The first kappa shape index (κ1) is 15.9. The van der Waals surface area contributed by atoms with Crippen molar-refractivity contribution in [1.82, 2.24) is 19.8 Å². The Labute approximate surface area is 135 Å². The number of fused-ring (bicyclic) bond motifs is 4. The minimum absolute atomic E-state index is 0.0683. The van der Waals surface area contributed by atoms with E-state index in [0.29, 0.717) is 31.9 Å². The van der Waals surface area contributed by atoms with Crippen LogP contribution in [0, 0.1) is 12.8 Å². The van der Waals surface area contributed by atoms with Crippen LogP contribution in [0.25, 0.3) is 0 Å². The Hall–Kier alpha value is -2.02. The van der Waals surface area contributed by atoms with E-state index < -0.39 is 0 Å². The Morgan fingerprint density at radius 1 is 1.30 bits per heavy atom. The molecule has 3 aliphatic heterocycles. The van der Waals surface area contributed by atoms with Crippen molar-refractivity contribution < 1.29 is 14.3 Å². The summed E-state index contributed by atoms with van der Waals surface area (Å²) < 4.78 is 5.10. The molecule has 4 heterocycles. The molecule has 0 aromatic carbocycles. The lowest BCUT2D eigenvalue weighted by Crippen LogP contribution is -2.49. The van der Waals surface area contributed by atoms with Gasteiger partial charge in [0.05, 0.1) is 24.4 Å². The van der Waals surface area contributed by atoms with Crippen LogP contribution < -0.4 is 0 Å². The Balaban J connectivity index is 1.77. The predicted molar refractivity (Wildman–Crippen MR) is 82.8 cm³/mol. The van der Waals surface area contributed by atoms with Crippen LogP contribution in [0.4, 0.5) is 0 Å². The predicted octanol–water partition coefficient (Wildman–Crippen LogP) is 0.494. The van der Waals surface area contributed by atoms with Crippen molar-refractivity contribution in [1.29, 1.82) is 0 Å². The summed E-state index contributed by atoms with van der Waals surface area (Å²) in [6, 6.07) is 0.0683. The molecule has 3 fully saturated rings. The number of aryl methyl sites for hydroxylation is 1. The molecule has 2 amide bonds. The first-order chi connectivity index (χ1) is 11.1. The summed E-state index contributed by atoms with van der Waals surface area (Å²) in [6.45, 7) is 3.96. The van der Waals surface area contributed by atoms with Gasteiger partial charge in [-0.1, -0.05) is 0 Å². The van der Waals surface area contributed by atoms with Gasteiger partial charge in [-0.25, -0.2) is 4.98 Å². The largest absolute Gasteiger partial charge is 0.383 e. The topological polar surface area (TPSA) is 75.6 Å². The molecule has 124 valence electrons. The zero-order chi connectivity index (χ0) is 16.4. The third-order valence-electron chi connectivity index (χ3n) is 4.62. The van der Waals surface area contributed by atoms with Crippen LogP contribution in [0.2, 0.25) is 0 Å². The van der Waals surface area contributed by atoms with Gasteiger partial charge in [-0.3, -0.25) is 14.6 Å². The molecule has 0 saturated carbocycles. The number of carbonyl (C=O) groups excluding carboxylic acids is 2. The van der Waals surface area contributed by atoms with Crippen molar-refractivity contribution >= 4 is 11.8 Å². The smallest absolute Gasteiger partial charge is 0.274 e. The SMILES string of the molecule is COCCN1C(=O)[C@H]2CC[C@@H]1CN(C(=O)c1cnc(C)cn1)C2. The summed E-state index contributed by atoms with van der Waals surface area (Å²) in [5.74, 6) is -0.118. The molecule has 0 N–H and O–H groups in total. The monoisotopic (exact) mass is 318 g/mol. The maximum Gasteiger partial charge on any atom is 0.274 e. The number of aromatic nitrogens is 2. The van der Waals surface area contributed by atoms with Crippen molar-refractivity contribution in [3.05, 3.63) is 23.8 Å². The summed E-state index contributed by atoms with van der Waals surface area (Å²) in [6.07, 6.45) is 4.88. The highest BCUT2D eigenvalue weighted by atomic mass is 16.5. The van der Waals surface area contributed by atoms with E-state index >= 15 is 0 Å². The molecule has 0 aliphatic carbocycles. The van der Waals surface area contributed by atoms with Crippen LogP contribution >= 0.6 is 0 Å². The van der Waals surface area contributed by atoms with E-state index in [1.807, 2.05) is 11.8 Å². The van der Waals surface area contributed by atoms with Crippen LogP contribution in [0.1, 0.15) is 29.0 Å². The van der Waals surface area contributed by atoms with Crippen molar-refractivity contribution in [3.8, 4) is 0 Å². The fourth-order valence-electron chi connectivity index (χ4n) is 3.35. The van der Waals surface area contributed by atoms with Gasteiger partial charge in [0.25, 0.3) is 5.91 Å². The lowest BCUT2D eigenvalue weighted by molar-refractivity contribution is -0.140. The minimum atomic E-state index is -0.143. The molecule has 1 aromatic rings. The molecular formula is C16H22N4O3. The van der Waals surface area contributed by atoms with Gasteiger partial charge in [0, 0.05) is 39.0 Å². The van der Waals surface area contributed by atoms with Gasteiger partial charge in [-0.2, -0.15) is 0 Å². The van der Waals surface area contributed by atoms with Gasteiger partial charge < -0.3 is 14.5 Å². The third-order valence-corrected chi connectivity index (χ3v) is 4.62. The van der Waals surface area contributed by atoms with Gasteiger partial charge in [0.1, 0.15) is 5.69 Å². The number of piperidine rings is 1. The average Bonchev–Trinajstić information content (AvgIpc) is 2.84. The van der Waals surface area contributed by atoms with E-state index in [1.165, 1.54) is 6.20 Å². The molecule has 0 spiro atoms. The second-order valence-corrected chi connectivity index (χ2v) is 6.21. The normalized spacial score (nSPS) is 24.0. The maximum atomic E-state index is 12.7. The summed E-state index contributed by atoms with van der Waals surface area (Å²) in [7, 11) is 1.63. The van der Waals surface area contributed by atoms with Crippen LogP contribution in [-0.2, 0) is 9.53 Å². The second-order valence-electron chi connectivity index (χ2n) is 6.21. The first-order valence-corrected chi connectivity index (χ1v) is 7.97. The fraction of sp³-hybridized carbons (Fsp3) is 0.625. The quantitative estimate of drug-likeness (QED) is 0.808. The molecule has 3 aliphatic rings. The Morgan fingerprint density at radius 3 is 2.83 bits per heavy atom. The van der Waals surface area contributed by atoms with Crippen molar-refractivity contribution in [2.75, 3.05) is 33.4 Å². The number of carbonyl (C=O) groups is 2. The van der Waals surface area contributed by atoms with Crippen LogP contribution in [0.3, 0.4) is 0 Å². The highest BCUT2D eigenvalue weighted by Crippen LogP contribution is 2.29. The van der Waals surface area contributed by atoms with E-state index in [9.17, 15) is 9.59 Å². The molecule has 0 unspecified atom stereocenters. The van der Waals surface area contributed by atoms with Crippen LogP contribution in [-0.4, -0.2) is 71.0 Å². The number of nitrogens with zero attached hydrogens (tertiary/aromatic N) is 4. The van der Waals surface area contributed by atoms with E-state index in [0.717, 1.165) is 18.5 Å². The van der Waals surface area contributed by atoms with E-state index in [2.05, 4.69) is 9.97 Å². The van der Waals surface area contributed by atoms with Gasteiger partial charge in [0.15, 0.2) is 0 Å². The highest BCUT2D eigenvalue weighted by Gasteiger charge is 2.41. The van der Waals surface area contributed by atoms with Gasteiger partial charge in [-0.05, 0) is 19.8 Å². The summed E-state index contributed by atoms with van der Waals surface area (Å²) in [5, 5.41) is 0. The molecule has 1 aromatic heterocycles. The summed E-state index contributed by atoms with van der Waals surface area (Å²) in [5.41, 5.74) is 1.12. The highest BCUT2D eigenvalue weighted by molar-refractivity contribution is 5.93. The number of rotatable bonds is 4. The molecule has 4 rings (SSSR count). The molecule has 7 nitrogen and oxygen atoms in total. The van der Waals surface area contributed by atoms with Crippen LogP contribution in [0.5, 0.6) is 0 Å². The molecule has 2 bridgehead atoms. The van der Waals surface area contributed by atoms with E-state index in [1.54, 1.807) is 18.2 Å². The number of hydrogen-bond acceptors (Lipinski definition) is 5. The lowest BCUT2D eigenvalue weighted by Gasteiger charge is -2.35. The Morgan fingerprint density at radius 2 is 2.13 bits per heavy atom. The summed E-state index contributed by atoms with van der Waals surface area (Å²) >= 11 is 0. The van der Waals surface area contributed by atoms with Gasteiger partial charge >= 0.3 is 0 Å². The van der Waals surface area contributed by atoms with Crippen molar-refractivity contribution in [3.63, 3.8) is 0 Å².